The van der Waals surface area contributed by atoms with Gasteiger partial charge in [-0.1, -0.05) is 48.8 Å². The largest absolute Gasteiger partial charge is 0.395 e. The summed E-state index contributed by atoms with van der Waals surface area (Å²) in [6.07, 6.45) is 3.06. The van der Waals surface area contributed by atoms with E-state index in [-0.39, 0.29) is 18.7 Å². The number of hydrogen-bond acceptors (Lipinski definition) is 6. The Bertz CT molecular complexity index is 620. The summed E-state index contributed by atoms with van der Waals surface area (Å²) in [7, 11) is 0. The molecule has 1 aromatic heterocycles. The Morgan fingerprint density at radius 3 is 2.88 bits per heavy atom. The summed E-state index contributed by atoms with van der Waals surface area (Å²) in [6, 6.07) is 10.8. The predicted octanol–water partition coefficient (Wildman–Crippen LogP) is 3.06. The normalized spacial score (nSPS) is 21.9. The standard InChI is InChI=1S/C18H25N3O2S/c1-2-3-9-17-19-18(23-20-17)10-21-15(11-22)12-24-13-16(21)14-7-5-4-6-8-14/h4-8,15-16,22H,2-3,9-13H2,1H3/t15-,16+/m0/s1. The van der Waals surface area contributed by atoms with Gasteiger partial charge in [-0.3, -0.25) is 4.90 Å². The van der Waals surface area contributed by atoms with Gasteiger partial charge in [0.05, 0.1) is 13.2 Å². The lowest BCUT2D eigenvalue weighted by Gasteiger charge is -2.40. The van der Waals surface area contributed by atoms with Gasteiger partial charge in [0, 0.05) is 30.0 Å². The maximum absolute atomic E-state index is 9.80. The molecule has 0 aliphatic carbocycles. The van der Waals surface area contributed by atoms with E-state index < -0.39 is 0 Å². The van der Waals surface area contributed by atoms with Gasteiger partial charge in [0.15, 0.2) is 5.82 Å². The van der Waals surface area contributed by atoms with Gasteiger partial charge < -0.3 is 9.63 Å². The molecule has 1 fully saturated rings. The molecule has 0 radical (unpaired) electrons. The van der Waals surface area contributed by atoms with E-state index in [1.165, 1.54) is 5.56 Å². The Morgan fingerprint density at radius 2 is 2.12 bits per heavy atom. The third kappa shape index (κ3) is 4.18. The van der Waals surface area contributed by atoms with Gasteiger partial charge >= 0.3 is 0 Å². The molecule has 1 N–H and O–H groups in total. The zero-order chi connectivity index (χ0) is 16.8. The molecular weight excluding hydrogens is 322 g/mol. The number of thioether (sulfide) groups is 1. The summed E-state index contributed by atoms with van der Waals surface area (Å²) in [5, 5.41) is 13.9. The average molecular weight is 347 g/mol. The second kappa shape index (κ2) is 8.65. The van der Waals surface area contributed by atoms with Crippen LogP contribution in [0.2, 0.25) is 0 Å². The van der Waals surface area contributed by atoms with E-state index >= 15 is 0 Å². The summed E-state index contributed by atoms with van der Waals surface area (Å²) in [5.74, 6) is 3.37. The zero-order valence-electron chi connectivity index (χ0n) is 14.1. The first kappa shape index (κ1) is 17.5. The number of aryl methyl sites for hydroxylation is 1. The molecule has 0 bridgehead atoms. The van der Waals surface area contributed by atoms with E-state index in [4.69, 9.17) is 4.52 Å². The van der Waals surface area contributed by atoms with Crippen LogP contribution >= 0.6 is 11.8 Å². The van der Waals surface area contributed by atoms with Gasteiger partial charge in [0.2, 0.25) is 5.89 Å². The number of rotatable bonds is 7. The number of aliphatic hydroxyl groups is 1. The van der Waals surface area contributed by atoms with E-state index in [2.05, 4.69) is 46.2 Å². The van der Waals surface area contributed by atoms with Gasteiger partial charge in [-0.25, -0.2) is 0 Å². The molecule has 24 heavy (non-hydrogen) atoms. The second-order valence-electron chi connectivity index (χ2n) is 6.18. The molecule has 3 rings (SSSR count). The van der Waals surface area contributed by atoms with Crippen molar-refractivity contribution in [2.75, 3.05) is 18.1 Å². The average Bonchev–Trinajstić information content (AvgIpc) is 3.08. The lowest BCUT2D eigenvalue weighted by molar-refractivity contribution is 0.0807. The molecule has 2 heterocycles. The van der Waals surface area contributed by atoms with E-state index in [1.54, 1.807) is 0 Å². The molecule has 0 spiro atoms. The van der Waals surface area contributed by atoms with Gasteiger partial charge in [-0.15, -0.1) is 0 Å². The summed E-state index contributed by atoms with van der Waals surface area (Å²) in [4.78, 5) is 6.84. The Kier molecular flexibility index (Phi) is 6.29. The Labute approximate surface area is 147 Å². The van der Waals surface area contributed by atoms with E-state index in [1.807, 2.05) is 17.8 Å². The molecule has 2 aromatic rings. The quantitative estimate of drug-likeness (QED) is 0.830. The maximum Gasteiger partial charge on any atom is 0.240 e. The van der Waals surface area contributed by atoms with Gasteiger partial charge in [0.25, 0.3) is 0 Å². The third-order valence-electron chi connectivity index (χ3n) is 4.43. The minimum atomic E-state index is 0.111. The van der Waals surface area contributed by atoms with Crippen LogP contribution in [0.25, 0.3) is 0 Å². The first-order valence-electron chi connectivity index (χ1n) is 8.62. The first-order valence-corrected chi connectivity index (χ1v) is 9.78. The number of aromatic nitrogens is 2. The molecule has 1 aromatic carbocycles. The number of aliphatic hydroxyl groups excluding tert-OH is 1. The van der Waals surface area contributed by atoms with Crippen molar-refractivity contribution in [2.45, 2.75) is 44.8 Å². The Balaban J connectivity index is 1.76. The Hall–Kier alpha value is -1.37. The topological polar surface area (TPSA) is 62.4 Å². The fourth-order valence-electron chi connectivity index (χ4n) is 3.07. The van der Waals surface area contributed by atoms with Crippen molar-refractivity contribution in [3.63, 3.8) is 0 Å². The minimum Gasteiger partial charge on any atom is -0.395 e. The summed E-state index contributed by atoms with van der Waals surface area (Å²) in [6.45, 7) is 2.89. The maximum atomic E-state index is 9.80. The van der Waals surface area contributed by atoms with E-state index in [9.17, 15) is 5.11 Å². The third-order valence-corrected chi connectivity index (χ3v) is 5.60. The number of unbranched alkanes of at least 4 members (excludes halogenated alkanes) is 1. The highest BCUT2D eigenvalue weighted by molar-refractivity contribution is 7.99. The van der Waals surface area contributed by atoms with Crippen LogP contribution in [0, 0.1) is 0 Å². The van der Waals surface area contributed by atoms with Crippen molar-refractivity contribution >= 4 is 11.8 Å². The molecule has 0 saturated carbocycles. The lowest BCUT2D eigenvalue weighted by Crippen LogP contribution is -2.46. The Morgan fingerprint density at radius 1 is 1.29 bits per heavy atom. The molecule has 1 aliphatic rings. The second-order valence-corrected chi connectivity index (χ2v) is 7.26. The van der Waals surface area contributed by atoms with Crippen molar-refractivity contribution in [2.24, 2.45) is 0 Å². The number of hydrogen-bond donors (Lipinski definition) is 1. The molecule has 1 aliphatic heterocycles. The smallest absolute Gasteiger partial charge is 0.240 e. The summed E-state index contributed by atoms with van der Waals surface area (Å²) in [5.41, 5.74) is 1.27. The molecule has 1 saturated heterocycles. The number of nitrogens with zero attached hydrogens (tertiary/aromatic N) is 3. The summed E-state index contributed by atoms with van der Waals surface area (Å²) < 4.78 is 5.45. The molecule has 5 nitrogen and oxygen atoms in total. The van der Waals surface area contributed by atoms with Crippen molar-refractivity contribution in [3.05, 3.63) is 47.6 Å². The van der Waals surface area contributed by atoms with E-state index in [0.29, 0.717) is 12.4 Å². The highest BCUT2D eigenvalue weighted by Crippen LogP contribution is 2.33. The van der Waals surface area contributed by atoms with Crippen molar-refractivity contribution < 1.29 is 9.63 Å². The van der Waals surface area contributed by atoms with Crippen LogP contribution in [-0.4, -0.2) is 44.3 Å². The molecular formula is C18H25N3O2S. The van der Waals surface area contributed by atoms with Gasteiger partial charge in [0.1, 0.15) is 0 Å². The van der Waals surface area contributed by atoms with Crippen LogP contribution in [0.15, 0.2) is 34.9 Å². The first-order chi connectivity index (χ1) is 11.8. The van der Waals surface area contributed by atoms with Crippen molar-refractivity contribution in [3.8, 4) is 0 Å². The van der Waals surface area contributed by atoms with Crippen molar-refractivity contribution in [1.82, 2.24) is 15.0 Å². The molecule has 6 heteroatoms. The van der Waals surface area contributed by atoms with Crippen molar-refractivity contribution in [1.29, 1.82) is 0 Å². The fraction of sp³-hybridized carbons (Fsp3) is 0.556. The fourth-order valence-corrected chi connectivity index (χ4v) is 4.38. The minimum absolute atomic E-state index is 0.111. The van der Waals surface area contributed by atoms with Gasteiger partial charge in [-0.05, 0) is 12.0 Å². The zero-order valence-corrected chi connectivity index (χ0v) is 14.9. The van der Waals surface area contributed by atoms with Gasteiger partial charge in [-0.2, -0.15) is 16.7 Å². The SMILES string of the molecule is CCCCc1noc(CN2[C@@H](CO)CSC[C@@H]2c2ccccc2)n1. The van der Waals surface area contributed by atoms with Crippen LogP contribution in [-0.2, 0) is 13.0 Å². The molecule has 2 atom stereocenters. The highest BCUT2D eigenvalue weighted by atomic mass is 32.2. The van der Waals surface area contributed by atoms with Crippen LogP contribution in [0.3, 0.4) is 0 Å². The lowest BCUT2D eigenvalue weighted by atomic mass is 10.0. The monoisotopic (exact) mass is 347 g/mol. The van der Waals surface area contributed by atoms with Crippen LogP contribution in [0.4, 0.5) is 0 Å². The molecule has 130 valence electrons. The van der Waals surface area contributed by atoms with E-state index in [0.717, 1.165) is 36.6 Å². The highest BCUT2D eigenvalue weighted by Gasteiger charge is 2.32. The van der Waals surface area contributed by atoms with Crippen LogP contribution < -0.4 is 0 Å². The molecule has 0 amide bonds. The number of benzene rings is 1. The predicted molar refractivity (Wildman–Crippen MR) is 95.8 cm³/mol. The van der Waals surface area contributed by atoms with Crippen LogP contribution in [0.5, 0.6) is 0 Å². The summed E-state index contributed by atoms with van der Waals surface area (Å²) >= 11 is 1.89. The van der Waals surface area contributed by atoms with Crippen LogP contribution in [0.1, 0.15) is 43.1 Å². The molecule has 0 unspecified atom stereocenters.